The zero-order chi connectivity index (χ0) is 13.0. The van der Waals surface area contributed by atoms with Crippen LogP contribution < -0.4 is 10.6 Å². The number of carbonyl (C=O) groups is 1. The maximum Gasteiger partial charge on any atom is 0.253 e. The number of nitrogens with zero attached hydrogens (tertiary/aromatic N) is 1. The maximum absolute atomic E-state index is 12.0. The summed E-state index contributed by atoms with van der Waals surface area (Å²) in [6.07, 6.45) is 2.28. The van der Waals surface area contributed by atoms with Gasteiger partial charge in [0.25, 0.3) is 5.91 Å². The van der Waals surface area contributed by atoms with E-state index >= 15 is 0 Å². The lowest BCUT2D eigenvalue weighted by atomic mass is 10.1. The first-order valence-corrected chi connectivity index (χ1v) is 6.60. The van der Waals surface area contributed by atoms with E-state index in [1.54, 1.807) is 0 Å². The molecular formula is C14H21N3O. The Bertz CT molecular complexity index is 425. The third-order valence-electron chi connectivity index (χ3n) is 3.47. The summed E-state index contributed by atoms with van der Waals surface area (Å²) >= 11 is 0. The van der Waals surface area contributed by atoms with Crippen molar-refractivity contribution in [1.82, 2.24) is 15.6 Å². The molecule has 0 aliphatic carbocycles. The molecule has 1 aromatic heterocycles. The van der Waals surface area contributed by atoms with Crippen molar-refractivity contribution < 1.29 is 4.79 Å². The van der Waals surface area contributed by atoms with E-state index in [1.165, 1.54) is 6.42 Å². The van der Waals surface area contributed by atoms with Crippen LogP contribution in [0.3, 0.4) is 0 Å². The molecule has 1 aliphatic heterocycles. The Kier molecular flexibility index (Phi) is 4.31. The van der Waals surface area contributed by atoms with Gasteiger partial charge in [0.2, 0.25) is 0 Å². The summed E-state index contributed by atoms with van der Waals surface area (Å²) < 4.78 is 0. The SMILES string of the molecule is Cc1ccc(C(=O)NCCC2CCNC2)c(C)n1. The van der Waals surface area contributed by atoms with E-state index < -0.39 is 0 Å². The average molecular weight is 247 g/mol. The van der Waals surface area contributed by atoms with Crippen LogP contribution in [0.4, 0.5) is 0 Å². The first-order chi connectivity index (χ1) is 8.66. The molecule has 4 nitrogen and oxygen atoms in total. The van der Waals surface area contributed by atoms with E-state index in [-0.39, 0.29) is 5.91 Å². The number of carbonyl (C=O) groups excluding carboxylic acids is 1. The molecule has 0 spiro atoms. The van der Waals surface area contributed by atoms with Crippen LogP contribution in [0.5, 0.6) is 0 Å². The van der Waals surface area contributed by atoms with Gasteiger partial charge in [-0.25, -0.2) is 0 Å². The Balaban J connectivity index is 1.83. The minimum absolute atomic E-state index is 0.00837. The largest absolute Gasteiger partial charge is 0.352 e. The Morgan fingerprint density at radius 1 is 1.50 bits per heavy atom. The van der Waals surface area contributed by atoms with E-state index in [9.17, 15) is 4.79 Å². The number of amides is 1. The number of rotatable bonds is 4. The van der Waals surface area contributed by atoms with Crippen molar-refractivity contribution in [2.75, 3.05) is 19.6 Å². The number of aromatic nitrogens is 1. The molecule has 0 bridgehead atoms. The van der Waals surface area contributed by atoms with E-state index in [0.717, 1.165) is 37.4 Å². The standard InChI is InChI=1S/C14H21N3O/c1-10-3-4-13(11(2)17-10)14(18)16-8-6-12-5-7-15-9-12/h3-4,12,15H,5-9H2,1-2H3,(H,16,18). The van der Waals surface area contributed by atoms with Crippen molar-refractivity contribution in [3.63, 3.8) is 0 Å². The van der Waals surface area contributed by atoms with Gasteiger partial charge in [-0.2, -0.15) is 0 Å². The summed E-state index contributed by atoms with van der Waals surface area (Å²) in [5.41, 5.74) is 2.43. The average Bonchev–Trinajstić information content (AvgIpc) is 2.81. The van der Waals surface area contributed by atoms with Crippen LogP contribution in [0.1, 0.15) is 34.6 Å². The molecular weight excluding hydrogens is 226 g/mol. The summed E-state index contributed by atoms with van der Waals surface area (Å²) in [4.78, 5) is 16.3. The zero-order valence-corrected chi connectivity index (χ0v) is 11.1. The van der Waals surface area contributed by atoms with Gasteiger partial charge in [0.1, 0.15) is 0 Å². The van der Waals surface area contributed by atoms with Crippen molar-refractivity contribution in [1.29, 1.82) is 0 Å². The van der Waals surface area contributed by atoms with Crippen LogP contribution in [0.25, 0.3) is 0 Å². The van der Waals surface area contributed by atoms with Gasteiger partial charge in [-0.1, -0.05) is 0 Å². The zero-order valence-electron chi connectivity index (χ0n) is 11.1. The summed E-state index contributed by atoms with van der Waals surface area (Å²) in [6, 6.07) is 3.73. The Morgan fingerprint density at radius 3 is 3.00 bits per heavy atom. The first kappa shape index (κ1) is 13.0. The van der Waals surface area contributed by atoms with E-state index in [2.05, 4.69) is 15.6 Å². The van der Waals surface area contributed by atoms with Crippen molar-refractivity contribution in [3.8, 4) is 0 Å². The maximum atomic E-state index is 12.0. The van der Waals surface area contributed by atoms with Gasteiger partial charge < -0.3 is 10.6 Å². The van der Waals surface area contributed by atoms with Gasteiger partial charge in [0, 0.05) is 12.2 Å². The quantitative estimate of drug-likeness (QED) is 0.846. The molecule has 2 rings (SSSR count). The third kappa shape index (κ3) is 3.29. The molecule has 0 aromatic carbocycles. The van der Waals surface area contributed by atoms with Gasteiger partial charge in [-0.05, 0) is 57.8 Å². The van der Waals surface area contributed by atoms with Gasteiger partial charge in [0.05, 0.1) is 11.3 Å². The second-order valence-corrected chi connectivity index (χ2v) is 4.99. The topological polar surface area (TPSA) is 54.0 Å². The van der Waals surface area contributed by atoms with Crippen LogP contribution in [0.2, 0.25) is 0 Å². The molecule has 1 fully saturated rings. The van der Waals surface area contributed by atoms with Gasteiger partial charge in [-0.15, -0.1) is 0 Å². The highest BCUT2D eigenvalue weighted by Gasteiger charge is 2.15. The molecule has 1 aromatic rings. The Hall–Kier alpha value is -1.42. The highest BCUT2D eigenvalue weighted by Crippen LogP contribution is 2.11. The van der Waals surface area contributed by atoms with Crippen LogP contribution in [-0.4, -0.2) is 30.5 Å². The molecule has 1 unspecified atom stereocenters. The highest BCUT2D eigenvalue weighted by molar-refractivity contribution is 5.95. The van der Waals surface area contributed by atoms with Crippen LogP contribution >= 0.6 is 0 Å². The predicted molar refractivity (Wildman–Crippen MR) is 71.6 cm³/mol. The Morgan fingerprint density at radius 2 is 2.33 bits per heavy atom. The second kappa shape index (κ2) is 5.96. The van der Waals surface area contributed by atoms with Crippen molar-refractivity contribution in [2.24, 2.45) is 5.92 Å². The van der Waals surface area contributed by atoms with Gasteiger partial charge in [0.15, 0.2) is 0 Å². The summed E-state index contributed by atoms with van der Waals surface area (Å²) in [5.74, 6) is 0.702. The molecule has 0 saturated carbocycles. The fraction of sp³-hybridized carbons (Fsp3) is 0.571. The summed E-state index contributed by atoms with van der Waals surface area (Å²) in [6.45, 7) is 6.75. The predicted octanol–water partition coefficient (Wildman–Crippen LogP) is 1.43. The van der Waals surface area contributed by atoms with Gasteiger partial charge in [-0.3, -0.25) is 9.78 Å². The van der Waals surface area contributed by atoms with Crippen molar-refractivity contribution in [2.45, 2.75) is 26.7 Å². The van der Waals surface area contributed by atoms with Crippen LogP contribution in [-0.2, 0) is 0 Å². The molecule has 1 amide bonds. The second-order valence-electron chi connectivity index (χ2n) is 4.99. The molecule has 2 N–H and O–H groups in total. The number of hydrogen-bond donors (Lipinski definition) is 2. The van der Waals surface area contributed by atoms with Crippen molar-refractivity contribution in [3.05, 3.63) is 29.1 Å². The first-order valence-electron chi connectivity index (χ1n) is 6.60. The summed E-state index contributed by atoms with van der Waals surface area (Å²) in [7, 11) is 0. The molecule has 4 heteroatoms. The number of aryl methyl sites for hydroxylation is 2. The van der Waals surface area contributed by atoms with Crippen molar-refractivity contribution >= 4 is 5.91 Å². The minimum atomic E-state index is -0.00837. The number of hydrogen-bond acceptors (Lipinski definition) is 3. The molecule has 98 valence electrons. The normalized spacial score (nSPS) is 18.9. The molecule has 2 heterocycles. The lowest BCUT2D eigenvalue weighted by Gasteiger charge is -2.10. The molecule has 0 radical (unpaired) electrons. The van der Waals surface area contributed by atoms with E-state index in [1.807, 2.05) is 26.0 Å². The lowest BCUT2D eigenvalue weighted by molar-refractivity contribution is 0.0950. The molecule has 1 aliphatic rings. The third-order valence-corrected chi connectivity index (χ3v) is 3.47. The van der Waals surface area contributed by atoms with Crippen LogP contribution in [0.15, 0.2) is 12.1 Å². The smallest absolute Gasteiger partial charge is 0.253 e. The molecule has 18 heavy (non-hydrogen) atoms. The van der Waals surface area contributed by atoms with Gasteiger partial charge >= 0.3 is 0 Å². The molecule has 1 atom stereocenters. The highest BCUT2D eigenvalue weighted by atomic mass is 16.1. The number of nitrogens with one attached hydrogen (secondary N) is 2. The fourth-order valence-corrected chi connectivity index (χ4v) is 2.37. The molecule has 1 saturated heterocycles. The van der Waals surface area contributed by atoms with E-state index in [4.69, 9.17) is 0 Å². The van der Waals surface area contributed by atoms with Crippen LogP contribution in [0, 0.1) is 19.8 Å². The monoisotopic (exact) mass is 247 g/mol. The fourth-order valence-electron chi connectivity index (χ4n) is 2.37. The lowest BCUT2D eigenvalue weighted by Crippen LogP contribution is -2.27. The number of pyridine rings is 1. The minimum Gasteiger partial charge on any atom is -0.352 e. The Labute approximate surface area is 108 Å². The summed E-state index contributed by atoms with van der Waals surface area (Å²) in [5, 5.41) is 6.31. The van der Waals surface area contributed by atoms with E-state index in [0.29, 0.717) is 11.5 Å².